The average molecular weight is 345 g/mol. The number of amides is 1. The lowest BCUT2D eigenvalue weighted by molar-refractivity contribution is -0.122. The molecule has 2 aromatic rings. The smallest absolute Gasteiger partial charge is 0.242 e. The van der Waals surface area contributed by atoms with Gasteiger partial charge < -0.3 is 14.8 Å². The molecule has 1 unspecified atom stereocenters. The lowest BCUT2D eigenvalue weighted by Gasteiger charge is -2.19. The molecule has 0 bridgehead atoms. The summed E-state index contributed by atoms with van der Waals surface area (Å²) in [5.41, 5.74) is 0.945. The van der Waals surface area contributed by atoms with E-state index in [9.17, 15) is 4.79 Å². The van der Waals surface area contributed by atoms with Crippen LogP contribution in [0.4, 0.5) is 0 Å². The highest BCUT2D eigenvalue weighted by molar-refractivity contribution is 5.76. The van der Waals surface area contributed by atoms with Crippen molar-refractivity contribution in [2.24, 2.45) is 0 Å². The molecule has 1 fully saturated rings. The molecular formula is C17H23N5O3. The number of hydrogen-bond acceptors (Lipinski definition) is 6. The van der Waals surface area contributed by atoms with Crippen molar-refractivity contribution >= 4 is 5.91 Å². The highest BCUT2D eigenvalue weighted by atomic mass is 16.5. The molecular weight excluding hydrogens is 322 g/mol. The molecule has 1 N–H and O–H groups in total. The SMILES string of the molecule is COc1cc(C(C)NC(=O)Cn2cnnn2)ccc1OC1CCCC1. The van der Waals surface area contributed by atoms with Gasteiger partial charge in [0.1, 0.15) is 12.9 Å². The van der Waals surface area contributed by atoms with E-state index in [0.717, 1.165) is 24.2 Å². The number of nitrogens with one attached hydrogen (secondary N) is 1. The molecule has 1 atom stereocenters. The highest BCUT2D eigenvalue weighted by Crippen LogP contribution is 2.33. The van der Waals surface area contributed by atoms with Crippen molar-refractivity contribution in [3.8, 4) is 11.5 Å². The van der Waals surface area contributed by atoms with E-state index in [1.165, 1.54) is 23.9 Å². The lowest BCUT2D eigenvalue weighted by atomic mass is 10.1. The van der Waals surface area contributed by atoms with Gasteiger partial charge in [0.2, 0.25) is 5.91 Å². The molecule has 0 radical (unpaired) electrons. The highest BCUT2D eigenvalue weighted by Gasteiger charge is 2.19. The van der Waals surface area contributed by atoms with Crippen LogP contribution in [0.3, 0.4) is 0 Å². The summed E-state index contributed by atoms with van der Waals surface area (Å²) in [6.45, 7) is 2.00. The normalized spacial score (nSPS) is 15.8. The van der Waals surface area contributed by atoms with E-state index in [1.54, 1.807) is 7.11 Å². The summed E-state index contributed by atoms with van der Waals surface area (Å²) in [5, 5.41) is 13.6. The number of ether oxygens (including phenoxy) is 2. The number of benzene rings is 1. The molecule has 134 valence electrons. The van der Waals surface area contributed by atoms with Gasteiger partial charge in [-0.25, -0.2) is 4.68 Å². The maximum absolute atomic E-state index is 12.1. The van der Waals surface area contributed by atoms with Gasteiger partial charge in [-0.3, -0.25) is 4.79 Å². The second-order valence-electron chi connectivity index (χ2n) is 6.23. The van der Waals surface area contributed by atoms with Gasteiger partial charge in [0, 0.05) is 0 Å². The Labute approximate surface area is 146 Å². The Bertz CT molecular complexity index is 698. The van der Waals surface area contributed by atoms with Gasteiger partial charge in [-0.05, 0) is 60.7 Å². The first-order chi connectivity index (χ1) is 12.2. The van der Waals surface area contributed by atoms with Crippen LogP contribution in [0.25, 0.3) is 0 Å². The second-order valence-corrected chi connectivity index (χ2v) is 6.23. The average Bonchev–Trinajstić information content (AvgIpc) is 3.29. The predicted octanol–water partition coefficient (Wildman–Crippen LogP) is 1.88. The minimum Gasteiger partial charge on any atom is -0.493 e. The monoisotopic (exact) mass is 345 g/mol. The molecule has 8 nitrogen and oxygen atoms in total. The molecule has 0 saturated heterocycles. The summed E-state index contributed by atoms with van der Waals surface area (Å²) in [6, 6.07) is 5.61. The van der Waals surface area contributed by atoms with Crippen molar-refractivity contribution in [3.05, 3.63) is 30.1 Å². The van der Waals surface area contributed by atoms with Crippen LogP contribution in [0, 0.1) is 0 Å². The van der Waals surface area contributed by atoms with Crippen LogP contribution >= 0.6 is 0 Å². The van der Waals surface area contributed by atoms with Gasteiger partial charge in [0.25, 0.3) is 0 Å². The number of rotatable bonds is 7. The Morgan fingerprint density at radius 2 is 2.16 bits per heavy atom. The van der Waals surface area contributed by atoms with E-state index in [0.29, 0.717) is 5.75 Å². The minimum atomic E-state index is -0.168. The number of hydrogen-bond donors (Lipinski definition) is 1. The summed E-state index contributed by atoms with van der Waals surface area (Å²) in [7, 11) is 1.63. The van der Waals surface area contributed by atoms with Gasteiger partial charge >= 0.3 is 0 Å². The maximum Gasteiger partial charge on any atom is 0.242 e. The van der Waals surface area contributed by atoms with E-state index >= 15 is 0 Å². The van der Waals surface area contributed by atoms with Crippen LogP contribution in [0.15, 0.2) is 24.5 Å². The van der Waals surface area contributed by atoms with Crippen molar-refractivity contribution in [1.82, 2.24) is 25.5 Å². The van der Waals surface area contributed by atoms with Crippen LogP contribution in [-0.4, -0.2) is 39.3 Å². The number of aromatic nitrogens is 4. The first-order valence-electron chi connectivity index (χ1n) is 8.50. The van der Waals surface area contributed by atoms with Crippen LogP contribution in [0.5, 0.6) is 11.5 Å². The van der Waals surface area contributed by atoms with Crippen molar-refractivity contribution in [3.63, 3.8) is 0 Å². The van der Waals surface area contributed by atoms with Crippen molar-refractivity contribution in [2.75, 3.05) is 7.11 Å². The molecule has 1 amide bonds. The number of carbonyl (C=O) groups is 1. The number of methoxy groups -OCH3 is 1. The first-order valence-corrected chi connectivity index (χ1v) is 8.50. The summed E-state index contributed by atoms with van der Waals surface area (Å²) in [4.78, 5) is 12.1. The van der Waals surface area contributed by atoms with E-state index in [2.05, 4.69) is 20.8 Å². The third-order valence-corrected chi connectivity index (χ3v) is 4.36. The Kier molecular flexibility index (Phi) is 5.47. The van der Waals surface area contributed by atoms with E-state index in [1.807, 2.05) is 25.1 Å². The predicted molar refractivity (Wildman–Crippen MR) is 90.3 cm³/mol. The zero-order valence-electron chi connectivity index (χ0n) is 14.5. The molecule has 1 aromatic carbocycles. The summed E-state index contributed by atoms with van der Waals surface area (Å²) >= 11 is 0. The number of nitrogens with zero attached hydrogens (tertiary/aromatic N) is 4. The van der Waals surface area contributed by atoms with Crippen molar-refractivity contribution < 1.29 is 14.3 Å². The van der Waals surface area contributed by atoms with Gasteiger partial charge in [-0.15, -0.1) is 5.10 Å². The molecule has 8 heteroatoms. The summed E-state index contributed by atoms with van der Waals surface area (Å²) in [5.74, 6) is 1.28. The van der Waals surface area contributed by atoms with Gasteiger partial charge in [-0.2, -0.15) is 0 Å². The molecule has 1 heterocycles. The van der Waals surface area contributed by atoms with Crippen molar-refractivity contribution in [2.45, 2.75) is 51.3 Å². The van der Waals surface area contributed by atoms with Gasteiger partial charge in [0.15, 0.2) is 11.5 Å². The third-order valence-electron chi connectivity index (χ3n) is 4.36. The summed E-state index contributed by atoms with van der Waals surface area (Å²) in [6.07, 6.45) is 6.30. The molecule has 25 heavy (non-hydrogen) atoms. The van der Waals surface area contributed by atoms with Gasteiger partial charge in [0.05, 0.1) is 19.3 Å². The quantitative estimate of drug-likeness (QED) is 0.824. The first kappa shape index (κ1) is 17.2. The van der Waals surface area contributed by atoms with Crippen LogP contribution in [0.1, 0.15) is 44.2 Å². The lowest BCUT2D eigenvalue weighted by Crippen LogP contribution is -2.30. The topological polar surface area (TPSA) is 91.2 Å². The van der Waals surface area contributed by atoms with Crippen LogP contribution in [-0.2, 0) is 11.3 Å². The van der Waals surface area contributed by atoms with Crippen molar-refractivity contribution in [1.29, 1.82) is 0 Å². The van der Waals surface area contributed by atoms with E-state index in [4.69, 9.17) is 9.47 Å². The Morgan fingerprint density at radius 1 is 1.36 bits per heavy atom. The molecule has 1 aromatic heterocycles. The Hall–Kier alpha value is -2.64. The molecule has 0 aliphatic heterocycles. The zero-order valence-corrected chi connectivity index (χ0v) is 14.5. The minimum absolute atomic E-state index is 0.0807. The maximum atomic E-state index is 12.1. The Balaban J connectivity index is 1.63. The fraction of sp³-hybridized carbons (Fsp3) is 0.529. The molecule has 1 saturated carbocycles. The second kappa shape index (κ2) is 7.96. The van der Waals surface area contributed by atoms with E-state index < -0.39 is 0 Å². The molecule has 3 rings (SSSR count). The van der Waals surface area contributed by atoms with Crippen LogP contribution < -0.4 is 14.8 Å². The third kappa shape index (κ3) is 4.46. The molecule has 1 aliphatic rings. The molecule has 0 spiro atoms. The standard InChI is InChI=1S/C17H23N5O3/c1-12(19-17(23)10-22-11-18-20-21-22)13-7-8-15(16(9-13)24-2)25-14-5-3-4-6-14/h7-9,11-12,14H,3-6,10H2,1-2H3,(H,19,23). The number of carbonyl (C=O) groups excluding carboxylic acids is 1. The van der Waals surface area contributed by atoms with Gasteiger partial charge in [-0.1, -0.05) is 6.07 Å². The Morgan fingerprint density at radius 3 is 2.84 bits per heavy atom. The van der Waals surface area contributed by atoms with Crippen LogP contribution in [0.2, 0.25) is 0 Å². The summed E-state index contributed by atoms with van der Waals surface area (Å²) < 4.78 is 12.9. The van der Waals surface area contributed by atoms with E-state index in [-0.39, 0.29) is 24.6 Å². The fourth-order valence-corrected chi connectivity index (χ4v) is 3.01. The fourth-order valence-electron chi connectivity index (χ4n) is 3.01. The molecule has 1 aliphatic carbocycles. The largest absolute Gasteiger partial charge is 0.493 e. The zero-order chi connectivity index (χ0) is 17.6. The number of tetrazole rings is 1.